The second-order valence-electron chi connectivity index (χ2n) is 6.27. The topological polar surface area (TPSA) is 37.8 Å². The van der Waals surface area contributed by atoms with Gasteiger partial charge in [-0.1, -0.05) is 43.5 Å². The highest BCUT2D eigenvalue weighted by molar-refractivity contribution is 8.93. The second-order valence-corrected chi connectivity index (χ2v) is 6.27. The van der Waals surface area contributed by atoms with Gasteiger partial charge in [0, 0.05) is 23.3 Å². The van der Waals surface area contributed by atoms with Crippen LogP contribution < -0.4 is 5.32 Å². The molecule has 4 rings (SSSR count). The molecule has 0 unspecified atom stereocenters. The minimum atomic E-state index is 0. The summed E-state index contributed by atoms with van der Waals surface area (Å²) in [6.45, 7) is 0. The van der Waals surface area contributed by atoms with Crippen molar-refractivity contribution in [2.75, 3.05) is 5.32 Å². The van der Waals surface area contributed by atoms with Crippen molar-refractivity contribution in [1.29, 1.82) is 0 Å². The van der Waals surface area contributed by atoms with Gasteiger partial charge < -0.3 is 5.32 Å². The fraction of sp³-hybridized carbons (Fsp3) is 0.300. The molecule has 2 heterocycles. The number of para-hydroxylation sites is 1. The Labute approximate surface area is 169 Å². The molecule has 1 saturated carbocycles. The zero-order chi connectivity index (χ0) is 15.5. The van der Waals surface area contributed by atoms with Crippen LogP contribution in [0.3, 0.4) is 0 Å². The lowest BCUT2D eigenvalue weighted by molar-refractivity contribution is 0.463. The van der Waals surface area contributed by atoms with Crippen LogP contribution >= 0.6 is 34.0 Å². The molecule has 25 heavy (non-hydrogen) atoms. The van der Waals surface area contributed by atoms with Gasteiger partial charge in [-0.3, -0.25) is 4.98 Å². The highest BCUT2D eigenvalue weighted by Gasteiger charge is 2.15. The molecule has 1 aromatic carbocycles. The number of hydrogen-bond donors (Lipinski definition) is 1. The lowest BCUT2D eigenvalue weighted by Crippen LogP contribution is -2.22. The van der Waals surface area contributed by atoms with E-state index in [1.165, 1.54) is 43.2 Å². The molecule has 1 fully saturated rings. The molecule has 3 nitrogen and oxygen atoms in total. The Kier molecular flexibility index (Phi) is 7.38. The van der Waals surface area contributed by atoms with Crippen LogP contribution in [0.15, 0.2) is 54.7 Å². The van der Waals surface area contributed by atoms with Crippen LogP contribution in [0, 0.1) is 0 Å². The number of nitrogens with one attached hydrogen (secondary N) is 1. The Bertz CT molecular complexity index is 802. The van der Waals surface area contributed by atoms with Crippen LogP contribution in [0.1, 0.15) is 32.1 Å². The molecule has 0 amide bonds. The molecule has 1 aliphatic carbocycles. The van der Waals surface area contributed by atoms with E-state index in [1.807, 2.05) is 30.5 Å². The third kappa shape index (κ3) is 4.59. The number of halogens is 2. The Morgan fingerprint density at radius 1 is 0.840 bits per heavy atom. The van der Waals surface area contributed by atoms with Gasteiger partial charge in [-0.25, -0.2) is 4.98 Å². The SMILES string of the molecule is Br.Br.c1ccc(-c2cc(NC3CCCCC3)c3ccccc3n2)nc1. The molecule has 132 valence electrons. The van der Waals surface area contributed by atoms with Crippen molar-refractivity contribution >= 4 is 50.6 Å². The van der Waals surface area contributed by atoms with E-state index in [-0.39, 0.29) is 34.0 Å². The zero-order valence-corrected chi connectivity index (χ0v) is 17.4. The number of fused-ring (bicyclic) bond motifs is 1. The van der Waals surface area contributed by atoms with E-state index in [2.05, 4.69) is 34.6 Å². The average molecular weight is 465 g/mol. The Balaban J connectivity index is 0.00000113. The van der Waals surface area contributed by atoms with E-state index in [0.29, 0.717) is 6.04 Å². The van der Waals surface area contributed by atoms with Crippen LogP contribution in [0.2, 0.25) is 0 Å². The van der Waals surface area contributed by atoms with E-state index in [0.717, 1.165) is 16.9 Å². The maximum atomic E-state index is 4.80. The monoisotopic (exact) mass is 463 g/mol. The summed E-state index contributed by atoms with van der Waals surface area (Å²) in [5.74, 6) is 0. The lowest BCUT2D eigenvalue weighted by Gasteiger charge is -2.24. The Morgan fingerprint density at radius 3 is 2.36 bits per heavy atom. The van der Waals surface area contributed by atoms with Crippen molar-refractivity contribution in [3.63, 3.8) is 0 Å². The molecule has 1 N–H and O–H groups in total. The van der Waals surface area contributed by atoms with Gasteiger partial charge in [-0.15, -0.1) is 34.0 Å². The van der Waals surface area contributed by atoms with Crippen molar-refractivity contribution in [1.82, 2.24) is 9.97 Å². The van der Waals surface area contributed by atoms with E-state index in [1.54, 1.807) is 0 Å². The zero-order valence-electron chi connectivity index (χ0n) is 14.0. The van der Waals surface area contributed by atoms with Gasteiger partial charge in [0.15, 0.2) is 0 Å². The number of pyridine rings is 2. The molecule has 0 radical (unpaired) electrons. The smallest absolute Gasteiger partial charge is 0.0914 e. The van der Waals surface area contributed by atoms with E-state index in [4.69, 9.17) is 4.98 Å². The van der Waals surface area contributed by atoms with Gasteiger partial charge in [0.1, 0.15) is 0 Å². The number of nitrogens with zero attached hydrogens (tertiary/aromatic N) is 2. The maximum Gasteiger partial charge on any atom is 0.0914 e. The van der Waals surface area contributed by atoms with Gasteiger partial charge >= 0.3 is 0 Å². The van der Waals surface area contributed by atoms with Crippen LogP contribution in [-0.4, -0.2) is 16.0 Å². The van der Waals surface area contributed by atoms with Crippen molar-refractivity contribution < 1.29 is 0 Å². The summed E-state index contributed by atoms with van der Waals surface area (Å²) in [6, 6.07) is 17.0. The predicted molar refractivity (Wildman–Crippen MR) is 116 cm³/mol. The van der Waals surface area contributed by atoms with Gasteiger partial charge in [0.2, 0.25) is 0 Å². The first-order valence-corrected chi connectivity index (χ1v) is 8.48. The van der Waals surface area contributed by atoms with Gasteiger partial charge in [-0.2, -0.15) is 0 Å². The fourth-order valence-electron chi connectivity index (χ4n) is 3.41. The molecule has 3 aromatic rings. The minimum absolute atomic E-state index is 0. The molecule has 0 aliphatic heterocycles. The fourth-order valence-corrected chi connectivity index (χ4v) is 3.41. The highest BCUT2D eigenvalue weighted by atomic mass is 79.9. The van der Waals surface area contributed by atoms with Crippen LogP contribution in [-0.2, 0) is 0 Å². The summed E-state index contributed by atoms with van der Waals surface area (Å²) >= 11 is 0. The quantitative estimate of drug-likeness (QED) is 0.501. The molecule has 0 atom stereocenters. The first-order chi connectivity index (χ1) is 11.4. The van der Waals surface area contributed by atoms with Crippen LogP contribution in [0.4, 0.5) is 5.69 Å². The molecule has 0 spiro atoms. The van der Waals surface area contributed by atoms with Gasteiger partial charge in [-0.05, 0) is 37.1 Å². The summed E-state index contributed by atoms with van der Waals surface area (Å²) in [5, 5.41) is 4.96. The molecule has 2 aromatic heterocycles. The summed E-state index contributed by atoms with van der Waals surface area (Å²) in [7, 11) is 0. The normalized spacial score (nSPS) is 14.4. The van der Waals surface area contributed by atoms with E-state index >= 15 is 0 Å². The maximum absolute atomic E-state index is 4.80. The summed E-state index contributed by atoms with van der Waals surface area (Å²) < 4.78 is 0. The standard InChI is InChI=1S/C20H21N3.2BrH/c1-2-8-15(9-3-1)22-19-14-20(18-12-6-7-13-21-18)23-17-11-5-4-10-16(17)19;;/h4-7,10-15H,1-3,8-9H2,(H,22,23);2*1H. The minimum Gasteiger partial charge on any atom is -0.382 e. The number of aromatic nitrogens is 2. The van der Waals surface area contributed by atoms with Crippen LogP contribution in [0.5, 0.6) is 0 Å². The lowest BCUT2D eigenvalue weighted by atomic mass is 9.95. The highest BCUT2D eigenvalue weighted by Crippen LogP contribution is 2.30. The third-order valence-corrected chi connectivity index (χ3v) is 4.61. The molecule has 1 aliphatic rings. The Hall–Kier alpha value is -1.46. The average Bonchev–Trinajstić information content (AvgIpc) is 2.63. The van der Waals surface area contributed by atoms with Gasteiger partial charge in [0.05, 0.1) is 16.9 Å². The number of benzene rings is 1. The second kappa shape index (κ2) is 9.30. The summed E-state index contributed by atoms with van der Waals surface area (Å²) in [6.07, 6.45) is 8.36. The van der Waals surface area contributed by atoms with Crippen molar-refractivity contribution in [3.8, 4) is 11.4 Å². The predicted octanol–water partition coefficient (Wildman–Crippen LogP) is 6.20. The number of rotatable bonds is 3. The van der Waals surface area contributed by atoms with Crippen molar-refractivity contribution in [2.45, 2.75) is 38.1 Å². The van der Waals surface area contributed by atoms with E-state index in [9.17, 15) is 0 Å². The first-order valence-electron chi connectivity index (χ1n) is 8.48. The van der Waals surface area contributed by atoms with E-state index < -0.39 is 0 Å². The van der Waals surface area contributed by atoms with Crippen molar-refractivity contribution in [2.24, 2.45) is 0 Å². The molecular formula is C20H23Br2N3. The molecular weight excluding hydrogens is 442 g/mol. The Morgan fingerprint density at radius 2 is 1.60 bits per heavy atom. The van der Waals surface area contributed by atoms with Gasteiger partial charge in [0.25, 0.3) is 0 Å². The largest absolute Gasteiger partial charge is 0.382 e. The third-order valence-electron chi connectivity index (χ3n) is 4.61. The molecule has 0 saturated heterocycles. The number of hydrogen-bond acceptors (Lipinski definition) is 3. The van der Waals surface area contributed by atoms with Crippen molar-refractivity contribution in [3.05, 3.63) is 54.7 Å². The number of anilines is 1. The summed E-state index contributed by atoms with van der Waals surface area (Å²) in [4.78, 5) is 9.25. The molecule has 5 heteroatoms. The van der Waals surface area contributed by atoms with Crippen LogP contribution in [0.25, 0.3) is 22.3 Å². The summed E-state index contributed by atoms with van der Waals surface area (Å²) in [5.41, 5.74) is 4.06. The first kappa shape index (κ1) is 19.9. The molecule has 0 bridgehead atoms.